The molecular formula is C25H24Cl2N4O5. The van der Waals surface area contributed by atoms with Crippen LogP contribution in [0.4, 0.5) is 5.69 Å². The Morgan fingerprint density at radius 2 is 1.56 bits per heavy atom. The maximum atomic E-state index is 13.4. The van der Waals surface area contributed by atoms with Gasteiger partial charge in [0.1, 0.15) is 0 Å². The Morgan fingerprint density at radius 1 is 0.889 bits per heavy atom. The summed E-state index contributed by atoms with van der Waals surface area (Å²) < 4.78 is 10.2. The van der Waals surface area contributed by atoms with E-state index in [2.05, 4.69) is 9.97 Å². The van der Waals surface area contributed by atoms with Crippen LogP contribution in [0.25, 0.3) is 0 Å². The second kappa shape index (κ2) is 11.8. The first-order valence-electron chi connectivity index (χ1n) is 10.7. The van der Waals surface area contributed by atoms with Gasteiger partial charge in [-0.1, -0.05) is 35.3 Å². The van der Waals surface area contributed by atoms with Gasteiger partial charge in [-0.3, -0.25) is 14.4 Å². The van der Waals surface area contributed by atoms with E-state index in [1.165, 1.54) is 30.1 Å². The van der Waals surface area contributed by atoms with Gasteiger partial charge < -0.3 is 19.3 Å². The molecule has 9 nitrogen and oxygen atoms in total. The predicted octanol–water partition coefficient (Wildman–Crippen LogP) is 4.31. The molecule has 1 aromatic heterocycles. The molecule has 0 aliphatic rings. The molecule has 2 amide bonds. The fraction of sp³-hybridized carbons (Fsp3) is 0.240. The second-order valence-electron chi connectivity index (χ2n) is 7.85. The highest BCUT2D eigenvalue weighted by Gasteiger charge is 2.24. The first kappa shape index (κ1) is 26.9. The normalized spacial score (nSPS) is 10.5. The average molecular weight is 531 g/mol. The molecule has 36 heavy (non-hydrogen) atoms. The summed E-state index contributed by atoms with van der Waals surface area (Å²) in [7, 11) is 6.05. The molecule has 188 valence electrons. The molecule has 0 saturated heterocycles. The molecule has 0 unspecified atom stereocenters. The molecule has 0 spiro atoms. The number of carbonyl (C=O) groups is 3. The van der Waals surface area contributed by atoms with E-state index in [1.54, 1.807) is 56.6 Å². The zero-order valence-electron chi connectivity index (χ0n) is 20.1. The van der Waals surface area contributed by atoms with Crippen molar-refractivity contribution in [3.05, 3.63) is 75.5 Å². The summed E-state index contributed by atoms with van der Waals surface area (Å²) in [5, 5.41) is 0.697. The van der Waals surface area contributed by atoms with Crippen LogP contribution in [-0.2, 0) is 11.3 Å². The Kier molecular flexibility index (Phi) is 8.84. The van der Waals surface area contributed by atoms with Crippen molar-refractivity contribution in [3.8, 4) is 11.8 Å². The maximum Gasteiger partial charge on any atom is 0.253 e. The SMILES string of the molecule is COc1cc(OC)nc(C(=O)CC(=O)N(Cc2ccc(Cl)c(Cl)c2)c2cccc(C(=O)N(C)C)c2)n1. The van der Waals surface area contributed by atoms with Gasteiger partial charge in [-0.05, 0) is 35.9 Å². The summed E-state index contributed by atoms with van der Waals surface area (Å²) >= 11 is 12.2. The smallest absolute Gasteiger partial charge is 0.253 e. The molecule has 3 aromatic rings. The lowest BCUT2D eigenvalue weighted by Crippen LogP contribution is -2.32. The molecule has 0 radical (unpaired) electrons. The van der Waals surface area contributed by atoms with Gasteiger partial charge in [0, 0.05) is 25.3 Å². The van der Waals surface area contributed by atoms with Gasteiger partial charge in [-0.15, -0.1) is 0 Å². The molecule has 0 N–H and O–H groups in total. The minimum atomic E-state index is -0.628. The Hall–Kier alpha value is -3.69. The van der Waals surface area contributed by atoms with Crippen LogP contribution >= 0.6 is 23.2 Å². The van der Waals surface area contributed by atoms with Crippen LogP contribution in [0.3, 0.4) is 0 Å². The van der Waals surface area contributed by atoms with E-state index in [0.29, 0.717) is 26.9 Å². The van der Waals surface area contributed by atoms with Crippen LogP contribution in [0.1, 0.15) is 33.0 Å². The molecule has 0 bridgehead atoms. The molecule has 11 heteroatoms. The molecule has 0 fully saturated rings. The van der Waals surface area contributed by atoms with E-state index in [4.69, 9.17) is 32.7 Å². The lowest BCUT2D eigenvalue weighted by Gasteiger charge is -2.24. The Bertz CT molecular complexity index is 1280. The number of benzene rings is 2. The number of carbonyl (C=O) groups excluding carboxylic acids is 3. The number of halogens is 2. The number of ketones is 1. The van der Waals surface area contributed by atoms with E-state index in [1.807, 2.05) is 0 Å². The van der Waals surface area contributed by atoms with Crippen LogP contribution in [0.15, 0.2) is 48.5 Å². The van der Waals surface area contributed by atoms with Gasteiger partial charge in [0.25, 0.3) is 5.91 Å². The number of nitrogens with zero attached hydrogens (tertiary/aromatic N) is 4. The number of hydrogen-bond acceptors (Lipinski definition) is 7. The third kappa shape index (κ3) is 6.50. The van der Waals surface area contributed by atoms with Crippen LogP contribution < -0.4 is 14.4 Å². The summed E-state index contributed by atoms with van der Waals surface area (Å²) in [5.41, 5.74) is 1.49. The first-order valence-corrected chi connectivity index (χ1v) is 11.4. The summed E-state index contributed by atoms with van der Waals surface area (Å²) in [4.78, 5) is 49.8. The first-order chi connectivity index (χ1) is 17.1. The van der Waals surface area contributed by atoms with Gasteiger partial charge in [0.05, 0.1) is 43.3 Å². The predicted molar refractivity (Wildman–Crippen MR) is 136 cm³/mol. The van der Waals surface area contributed by atoms with E-state index in [0.717, 1.165) is 0 Å². The van der Waals surface area contributed by atoms with Crippen molar-refractivity contribution in [2.45, 2.75) is 13.0 Å². The standard InChI is InChI=1S/C25H24Cl2N4O5/c1-30(2)25(34)16-6-5-7-17(11-16)31(14-15-8-9-18(26)19(27)10-15)23(33)12-20(32)24-28-21(35-3)13-22(29-24)36-4/h5-11,13H,12,14H2,1-4H3. The minimum Gasteiger partial charge on any atom is -0.481 e. The molecule has 0 aliphatic carbocycles. The summed E-state index contributed by atoms with van der Waals surface area (Å²) in [6.07, 6.45) is -0.538. The largest absolute Gasteiger partial charge is 0.481 e. The molecule has 1 heterocycles. The topological polar surface area (TPSA) is 102 Å². The number of rotatable bonds is 9. The van der Waals surface area contributed by atoms with Crippen molar-refractivity contribution in [1.82, 2.24) is 14.9 Å². The van der Waals surface area contributed by atoms with Crippen LogP contribution in [0.5, 0.6) is 11.8 Å². The fourth-order valence-electron chi connectivity index (χ4n) is 3.26. The third-order valence-electron chi connectivity index (χ3n) is 5.10. The molecular weight excluding hydrogens is 507 g/mol. The van der Waals surface area contributed by atoms with Gasteiger partial charge in [-0.25, -0.2) is 0 Å². The van der Waals surface area contributed by atoms with Crippen molar-refractivity contribution in [3.63, 3.8) is 0 Å². The second-order valence-corrected chi connectivity index (χ2v) is 8.67. The summed E-state index contributed by atoms with van der Waals surface area (Å²) in [6.45, 7) is 0.0743. The molecule has 0 aliphatic heterocycles. The number of hydrogen-bond donors (Lipinski definition) is 0. The zero-order valence-corrected chi connectivity index (χ0v) is 21.6. The third-order valence-corrected chi connectivity index (χ3v) is 5.83. The van der Waals surface area contributed by atoms with Crippen LogP contribution in [0.2, 0.25) is 10.0 Å². The van der Waals surface area contributed by atoms with E-state index in [9.17, 15) is 14.4 Å². The number of methoxy groups -OCH3 is 2. The zero-order chi connectivity index (χ0) is 26.4. The summed E-state index contributed by atoms with van der Waals surface area (Å²) in [5.74, 6) is -1.36. The van der Waals surface area contributed by atoms with Crippen molar-refractivity contribution >= 4 is 46.5 Å². The number of anilines is 1. The Morgan fingerprint density at radius 3 is 2.14 bits per heavy atom. The Balaban J connectivity index is 1.96. The molecule has 0 atom stereocenters. The fourth-order valence-corrected chi connectivity index (χ4v) is 3.58. The molecule has 0 saturated carbocycles. The highest BCUT2D eigenvalue weighted by Crippen LogP contribution is 2.26. The quantitative estimate of drug-likeness (QED) is 0.300. The number of amides is 2. The van der Waals surface area contributed by atoms with E-state index < -0.39 is 18.1 Å². The number of aromatic nitrogens is 2. The van der Waals surface area contributed by atoms with Gasteiger partial charge >= 0.3 is 0 Å². The lowest BCUT2D eigenvalue weighted by atomic mass is 10.1. The molecule has 2 aromatic carbocycles. The Labute approximate surface area is 218 Å². The number of ether oxygens (including phenoxy) is 2. The van der Waals surface area contributed by atoms with Crippen molar-refractivity contribution in [2.24, 2.45) is 0 Å². The summed E-state index contributed by atoms with van der Waals surface area (Å²) in [6, 6.07) is 13.0. The van der Waals surface area contributed by atoms with Crippen molar-refractivity contribution < 1.29 is 23.9 Å². The number of Topliss-reactive ketones (excluding diaryl/α,β-unsaturated/α-hetero) is 1. The maximum absolute atomic E-state index is 13.4. The average Bonchev–Trinajstić information content (AvgIpc) is 2.88. The van der Waals surface area contributed by atoms with E-state index >= 15 is 0 Å². The van der Waals surface area contributed by atoms with Gasteiger partial charge in [0.15, 0.2) is 0 Å². The van der Waals surface area contributed by atoms with Crippen molar-refractivity contribution in [1.29, 1.82) is 0 Å². The lowest BCUT2D eigenvalue weighted by molar-refractivity contribution is -0.117. The monoisotopic (exact) mass is 530 g/mol. The van der Waals surface area contributed by atoms with Crippen LogP contribution in [0, 0.1) is 0 Å². The highest BCUT2D eigenvalue weighted by molar-refractivity contribution is 6.42. The van der Waals surface area contributed by atoms with Crippen LogP contribution in [-0.4, -0.2) is 60.8 Å². The highest BCUT2D eigenvalue weighted by atomic mass is 35.5. The van der Waals surface area contributed by atoms with E-state index in [-0.39, 0.29) is 30.0 Å². The van der Waals surface area contributed by atoms with Crippen molar-refractivity contribution in [2.75, 3.05) is 33.2 Å². The molecule has 3 rings (SSSR count). The van der Waals surface area contributed by atoms with Gasteiger partial charge in [-0.2, -0.15) is 9.97 Å². The van der Waals surface area contributed by atoms with Gasteiger partial charge in [0.2, 0.25) is 29.3 Å². The minimum absolute atomic E-state index is 0.0743.